The van der Waals surface area contributed by atoms with Crippen molar-refractivity contribution in [1.82, 2.24) is 5.32 Å². The normalized spacial score (nSPS) is 15.2. The number of carbonyl (C=O) groups is 2. The number of hydrogen-bond acceptors (Lipinski definition) is 6. The molecular weight excluding hydrogens is 496 g/mol. The number of rotatable bonds is 7. The molecule has 9 heteroatoms. The minimum Gasteiger partial charge on any atom is -0.468 e. The van der Waals surface area contributed by atoms with Gasteiger partial charge in [0.25, 0.3) is 5.91 Å². The number of nitriles is 1. The Morgan fingerprint density at radius 1 is 1.08 bits per heavy atom. The Labute approximate surface area is 218 Å². The molecule has 0 saturated carbocycles. The second kappa shape index (κ2) is 11.2. The number of nitrogens with one attached hydrogen (secondary N) is 3. The number of hydrogen-bond donors (Lipinski definition) is 3. The van der Waals surface area contributed by atoms with E-state index in [-0.39, 0.29) is 17.6 Å². The van der Waals surface area contributed by atoms with Crippen molar-refractivity contribution in [2.45, 2.75) is 19.8 Å². The van der Waals surface area contributed by atoms with Gasteiger partial charge in [0.05, 0.1) is 40.2 Å². The molecule has 0 bridgehead atoms. The Morgan fingerprint density at radius 3 is 2.50 bits per heavy atom. The van der Waals surface area contributed by atoms with E-state index in [0.29, 0.717) is 44.0 Å². The lowest BCUT2D eigenvalue weighted by Gasteiger charge is -2.28. The Kier molecular flexibility index (Phi) is 7.84. The summed E-state index contributed by atoms with van der Waals surface area (Å²) in [5.74, 6) is -0.789. The summed E-state index contributed by atoms with van der Waals surface area (Å²) in [7, 11) is 0. The molecule has 2 amide bonds. The summed E-state index contributed by atoms with van der Waals surface area (Å²) in [6.07, 6.45) is 1.50. The fourth-order valence-corrected chi connectivity index (χ4v) is 4.86. The van der Waals surface area contributed by atoms with Crippen molar-refractivity contribution in [2.75, 3.05) is 16.4 Å². The van der Waals surface area contributed by atoms with E-state index >= 15 is 0 Å². The number of anilines is 2. The van der Waals surface area contributed by atoms with Gasteiger partial charge < -0.3 is 20.4 Å². The Bertz CT molecular complexity index is 1390. The van der Waals surface area contributed by atoms with Crippen LogP contribution in [-0.4, -0.2) is 17.6 Å². The number of aryl methyl sites for hydroxylation is 1. The highest BCUT2D eigenvalue weighted by molar-refractivity contribution is 8.03. The zero-order valence-corrected chi connectivity index (χ0v) is 21.2. The number of para-hydroxylation sites is 1. The van der Waals surface area contributed by atoms with E-state index in [0.717, 1.165) is 5.56 Å². The van der Waals surface area contributed by atoms with Crippen LogP contribution in [0.2, 0.25) is 5.02 Å². The number of halogens is 1. The molecule has 1 atom stereocenters. The number of nitrogens with zero attached hydrogens (tertiary/aromatic N) is 1. The van der Waals surface area contributed by atoms with E-state index in [1.807, 2.05) is 31.2 Å². The molecule has 2 aromatic carbocycles. The van der Waals surface area contributed by atoms with Gasteiger partial charge >= 0.3 is 0 Å². The molecule has 0 aliphatic carbocycles. The molecule has 1 aliphatic rings. The number of amides is 2. The molecule has 3 aromatic rings. The van der Waals surface area contributed by atoms with Crippen molar-refractivity contribution in [1.29, 1.82) is 5.26 Å². The third kappa shape index (κ3) is 5.65. The standard InChI is InChI=1S/C27H23ClN4O3S/c1-16-6-3-4-7-21(16)32-26(34)24-17(2)30-27(20(14-29)25(24)22-8-5-13-35-22)36-15-23(33)31-19-11-9-18(28)10-12-19/h3-13,25,30H,15H2,1-2H3,(H,31,33)(H,32,34)/t25-/m1/s1. The van der Waals surface area contributed by atoms with Crippen LogP contribution in [0.3, 0.4) is 0 Å². The topological polar surface area (TPSA) is 107 Å². The molecule has 0 unspecified atom stereocenters. The van der Waals surface area contributed by atoms with Gasteiger partial charge in [-0.1, -0.05) is 41.6 Å². The Hall–Kier alpha value is -3.93. The third-order valence-corrected chi connectivity index (χ3v) is 6.86. The molecule has 0 spiro atoms. The molecule has 1 aromatic heterocycles. The highest BCUT2D eigenvalue weighted by Crippen LogP contribution is 2.41. The van der Waals surface area contributed by atoms with Crippen LogP contribution in [0, 0.1) is 18.3 Å². The Morgan fingerprint density at radius 2 is 1.83 bits per heavy atom. The summed E-state index contributed by atoms with van der Waals surface area (Å²) in [5.41, 5.74) is 3.47. The number of carbonyl (C=O) groups excluding carboxylic acids is 2. The zero-order valence-electron chi connectivity index (χ0n) is 19.6. The van der Waals surface area contributed by atoms with Crippen LogP contribution in [0.5, 0.6) is 0 Å². The summed E-state index contributed by atoms with van der Waals surface area (Å²) >= 11 is 7.08. The van der Waals surface area contributed by atoms with Gasteiger partial charge in [0, 0.05) is 22.1 Å². The molecule has 1 aliphatic heterocycles. The van der Waals surface area contributed by atoms with Crippen molar-refractivity contribution >= 4 is 46.6 Å². The highest BCUT2D eigenvalue weighted by atomic mass is 35.5. The van der Waals surface area contributed by atoms with E-state index in [9.17, 15) is 14.9 Å². The van der Waals surface area contributed by atoms with E-state index < -0.39 is 5.92 Å². The maximum Gasteiger partial charge on any atom is 0.254 e. The van der Waals surface area contributed by atoms with Gasteiger partial charge in [-0.2, -0.15) is 5.26 Å². The van der Waals surface area contributed by atoms with Crippen molar-refractivity contribution in [3.8, 4) is 6.07 Å². The van der Waals surface area contributed by atoms with Gasteiger partial charge in [0.15, 0.2) is 0 Å². The average molecular weight is 519 g/mol. The predicted molar refractivity (Wildman–Crippen MR) is 142 cm³/mol. The number of allylic oxidation sites excluding steroid dienone is 2. The summed E-state index contributed by atoms with van der Waals surface area (Å²) in [6, 6.07) is 19.9. The van der Waals surface area contributed by atoms with Gasteiger partial charge in [-0.15, -0.1) is 0 Å². The fraction of sp³-hybridized carbons (Fsp3) is 0.148. The van der Waals surface area contributed by atoms with Crippen molar-refractivity contribution in [2.24, 2.45) is 0 Å². The minimum atomic E-state index is -0.725. The molecule has 7 nitrogen and oxygen atoms in total. The first-order valence-corrected chi connectivity index (χ1v) is 12.4. The number of dihydropyridines is 1. The average Bonchev–Trinajstić information content (AvgIpc) is 3.39. The monoisotopic (exact) mass is 518 g/mol. The van der Waals surface area contributed by atoms with Crippen LogP contribution in [0.1, 0.15) is 24.2 Å². The van der Waals surface area contributed by atoms with Crippen molar-refractivity contribution in [3.05, 3.63) is 105 Å². The first-order chi connectivity index (χ1) is 17.4. The van der Waals surface area contributed by atoms with Crippen LogP contribution < -0.4 is 16.0 Å². The minimum absolute atomic E-state index is 0.0546. The number of furan rings is 1. The second-order valence-electron chi connectivity index (χ2n) is 8.08. The fourth-order valence-electron chi connectivity index (χ4n) is 3.84. The lowest BCUT2D eigenvalue weighted by Crippen LogP contribution is -2.31. The van der Waals surface area contributed by atoms with E-state index in [2.05, 4.69) is 22.0 Å². The molecule has 182 valence electrons. The number of thioether (sulfide) groups is 1. The Balaban J connectivity index is 1.58. The summed E-state index contributed by atoms with van der Waals surface area (Å²) < 4.78 is 5.64. The highest BCUT2D eigenvalue weighted by Gasteiger charge is 2.36. The van der Waals surface area contributed by atoms with Gasteiger partial charge in [-0.05, 0) is 61.9 Å². The maximum absolute atomic E-state index is 13.4. The summed E-state index contributed by atoms with van der Waals surface area (Å²) in [5, 5.41) is 20.1. The largest absolute Gasteiger partial charge is 0.468 e. The van der Waals surface area contributed by atoms with Crippen LogP contribution in [0.15, 0.2) is 93.2 Å². The molecule has 0 saturated heterocycles. The van der Waals surface area contributed by atoms with Gasteiger partial charge in [0.1, 0.15) is 5.76 Å². The van der Waals surface area contributed by atoms with Crippen LogP contribution in [0.25, 0.3) is 0 Å². The third-order valence-electron chi connectivity index (χ3n) is 5.59. The molecule has 0 radical (unpaired) electrons. The molecule has 2 heterocycles. The van der Waals surface area contributed by atoms with E-state index in [1.54, 1.807) is 43.3 Å². The molecule has 3 N–H and O–H groups in total. The van der Waals surface area contributed by atoms with Crippen molar-refractivity contribution < 1.29 is 14.0 Å². The molecule has 4 rings (SSSR count). The lowest BCUT2D eigenvalue weighted by molar-refractivity contribution is -0.114. The first-order valence-electron chi connectivity index (χ1n) is 11.1. The SMILES string of the molecule is CC1=C(C(=O)Nc2ccccc2C)[C@@H](c2ccco2)C(C#N)=C(SCC(=O)Nc2ccc(Cl)cc2)N1. The van der Waals surface area contributed by atoms with Gasteiger partial charge in [-0.25, -0.2) is 0 Å². The zero-order chi connectivity index (χ0) is 25.7. The van der Waals surface area contributed by atoms with Crippen LogP contribution in [0.4, 0.5) is 11.4 Å². The lowest BCUT2D eigenvalue weighted by atomic mass is 9.85. The van der Waals surface area contributed by atoms with Crippen LogP contribution in [-0.2, 0) is 9.59 Å². The van der Waals surface area contributed by atoms with Crippen molar-refractivity contribution in [3.63, 3.8) is 0 Å². The van der Waals surface area contributed by atoms with Gasteiger partial charge in [0.2, 0.25) is 5.91 Å². The second-order valence-corrected chi connectivity index (χ2v) is 9.50. The molecular formula is C27H23ClN4O3S. The number of benzene rings is 2. The smallest absolute Gasteiger partial charge is 0.254 e. The van der Waals surface area contributed by atoms with E-state index in [4.69, 9.17) is 16.0 Å². The molecule has 0 fully saturated rings. The maximum atomic E-state index is 13.4. The quantitative estimate of drug-likeness (QED) is 0.357. The van der Waals surface area contributed by atoms with E-state index in [1.165, 1.54) is 18.0 Å². The summed E-state index contributed by atoms with van der Waals surface area (Å²) in [6.45, 7) is 3.68. The first kappa shape index (κ1) is 25.2. The van der Waals surface area contributed by atoms with Gasteiger partial charge in [-0.3, -0.25) is 9.59 Å². The predicted octanol–water partition coefficient (Wildman–Crippen LogP) is 5.95. The molecule has 36 heavy (non-hydrogen) atoms. The summed E-state index contributed by atoms with van der Waals surface area (Å²) in [4.78, 5) is 26.0. The van der Waals surface area contributed by atoms with Crippen LogP contribution >= 0.6 is 23.4 Å².